The molecule has 6 rings (SSSR count). The number of anilines is 2. The number of fused-ring (bicyclic) bond motifs is 2. The minimum Gasteiger partial charge on any atom is -0.481 e. The summed E-state index contributed by atoms with van der Waals surface area (Å²) < 4.78 is 52.8. The van der Waals surface area contributed by atoms with E-state index in [0.29, 0.717) is 22.8 Å². The molecule has 0 radical (unpaired) electrons. The van der Waals surface area contributed by atoms with Crippen LogP contribution in [0, 0.1) is 0 Å². The van der Waals surface area contributed by atoms with Gasteiger partial charge in [-0.15, -0.1) is 0 Å². The van der Waals surface area contributed by atoms with Crippen LogP contribution in [0.1, 0.15) is 31.2 Å². The zero-order chi connectivity index (χ0) is 29.3. The van der Waals surface area contributed by atoms with E-state index >= 15 is 0 Å². The molecule has 0 amide bonds. The van der Waals surface area contributed by atoms with Crippen molar-refractivity contribution >= 4 is 22.4 Å². The molecule has 42 heavy (non-hydrogen) atoms. The first kappa shape index (κ1) is 27.7. The van der Waals surface area contributed by atoms with Crippen molar-refractivity contribution in [2.24, 2.45) is 4.99 Å². The average molecular weight is 574 g/mol. The van der Waals surface area contributed by atoms with Crippen molar-refractivity contribution in [3.8, 4) is 23.0 Å². The highest BCUT2D eigenvalue weighted by Crippen LogP contribution is 2.33. The van der Waals surface area contributed by atoms with Gasteiger partial charge in [-0.3, -0.25) is 4.99 Å². The van der Waals surface area contributed by atoms with Crippen molar-refractivity contribution in [3.63, 3.8) is 0 Å². The molecule has 0 unspecified atom stereocenters. The molecule has 0 spiro atoms. The number of alkyl halides is 3. The first-order valence-corrected chi connectivity index (χ1v) is 13.8. The number of nitrogens with zero attached hydrogens (tertiary/aromatic N) is 4. The Morgan fingerprint density at radius 3 is 2.36 bits per heavy atom. The molecule has 1 aromatic heterocycles. The van der Waals surface area contributed by atoms with E-state index in [4.69, 9.17) is 19.5 Å². The lowest BCUT2D eigenvalue weighted by molar-refractivity contribution is -0.137. The fourth-order valence-corrected chi connectivity index (χ4v) is 5.46. The fourth-order valence-electron chi connectivity index (χ4n) is 5.46. The van der Waals surface area contributed by atoms with Gasteiger partial charge in [-0.05, 0) is 80.3 Å². The summed E-state index contributed by atoms with van der Waals surface area (Å²) in [7, 11) is 3.31. The number of ether oxygens (including phenoxy) is 2. The van der Waals surface area contributed by atoms with Gasteiger partial charge < -0.3 is 19.4 Å². The third kappa shape index (κ3) is 5.67. The molecule has 0 bridgehead atoms. The second-order valence-electron chi connectivity index (χ2n) is 10.3. The SMILES string of the molecule is COc1ccc(Nc2cc3nc4ccccc4n(-c4ccc(C(F)(F)F)cc4)c-3cc2=NC2CCC(OC)CC2)cn1. The van der Waals surface area contributed by atoms with Crippen molar-refractivity contribution in [1.82, 2.24) is 14.5 Å². The van der Waals surface area contributed by atoms with Crippen molar-refractivity contribution < 1.29 is 22.6 Å². The van der Waals surface area contributed by atoms with E-state index in [-0.39, 0.29) is 12.1 Å². The Labute approximate surface area is 241 Å². The van der Waals surface area contributed by atoms with Gasteiger partial charge in [-0.25, -0.2) is 9.97 Å². The summed E-state index contributed by atoms with van der Waals surface area (Å²) in [4.78, 5) is 14.4. The van der Waals surface area contributed by atoms with Crippen LogP contribution in [0.25, 0.3) is 28.1 Å². The summed E-state index contributed by atoms with van der Waals surface area (Å²) in [5, 5.41) is 4.18. The van der Waals surface area contributed by atoms with E-state index in [2.05, 4.69) is 10.3 Å². The molecule has 3 aromatic rings. The first-order chi connectivity index (χ1) is 20.3. The predicted octanol–water partition coefficient (Wildman–Crippen LogP) is 7.15. The molecule has 0 saturated heterocycles. The molecule has 1 fully saturated rings. The zero-order valence-electron chi connectivity index (χ0n) is 23.2. The number of para-hydroxylation sites is 2. The van der Waals surface area contributed by atoms with Crippen LogP contribution in [-0.4, -0.2) is 40.9 Å². The molecular weight excluding hydrogens is 543 g/mol. The minimum atomic E-state index is -4.42. The molecule has 2 aromatic carbocycles. The van der Waals surface area contributed by atoms with Crippen LogP contribution in [0.5, 0.6) is 5.88 Å². The van der Waals surface area contributed by atoms with Gasteiger partial charge in [-0.1, -0.05) is 12.1 Å². The molecule has 3 aliphatic rings. The number of rotatable bonds is 6. The molecule has 216 valence electrons. The lowest BCUT2D eigenvalue weighted by Crippen LogP contribution is -2.25. The number of benzene rings is 3. The van der Waals surface area contributed by atoms with E-state index in [1.807, 2.05) is 47.0 Å². The minimum absolute atomic E-state index is 0.108. The molecule has 2 heterocycles. The first-order valence-electron chi connectivity index (χ1n) is 13.8. The Hall–Kier alpha value is -4.44. The van der Waals surface area contributed by atoms with Gasteiger partial charge in [0.15, 0.2) is 0 Å². The van der Waals surface area contributed by atoms with Crippen molar-refractivity contribution in [2.45, 2.75) is 44.0 Å². The molecule has 10 heteroatoms. The highest BCUT2D eigenvalue weighted by molar-refractivity contribution is 5.84. The number of nitrogens with one attached hydrogen (secondary N) is 1. The topological polar surface area (TPSA) is 73.6 Å². The van der Waals surface area contributed by atoms with Gasteiger partial charge in [0.25, 0.3) is 0 Å². The van der Waals surface area contributed by atoms with Crippen molar-refractivity contribution in [3.05, 3.63) is 89.9 Å². The number of halogens is 3. The second-order valence-corrected chi connectivity index (χ2v) is 10.3. The van der Waals surface area contributed by atoms with Crippen LogP contribution in [-0.2, 0) is 10.9 Å². The molecule has 1 saturated carbocycles. The lowest BCUT2D eigenvalue weighted by atomic mass is 9.93. The summed E-state index contributed by atoms with van der Waals surface area (Å²) >= 11 is 0. The number of pyridine rings is 1. The van der Waals surface area contributed by atoms with Gasteiger partial charge in [0, 0.05) is 18.9 Å². The molecule has 1 N–H and O–H groups in total. The molecule has 7 nitrogen and oxygen atoms in total. The molecular formula is C32H30F3N5O2. The van der Waals surface area contributed by atoms with E-state index in [9.17, 15) is 13.2 Å². The second kappa shape index (κ2) is 11.4. The summed E-state index contributed by atoms with van der Waals surface area (Å²) in [6.07, 6.45) is 1.17. The Kier molecular flexibility index (Phi) is 7.55. The van der Waals surface area contributed by atoms with Crippen molar-refractivity contribution in [1.29, 1.82) is 0 Å². The zero-order valence-corrected chi connectivity index (χ0v) is 23.2. The Morgan fingerprint density at radius 2 is 1.69 bits per heavy atom. The predicted molar refractivity (Wildman–Crippen MR) is 155 cm³/mol. The smallest absolute Gasteiger partial charge is 0.416 e. The third-order valence-corrected chi connectivity index (χ3v) is 7.67. The van der Waals surface area contributed by atoms with Crippen LogP contribution < -0.4 is 15.4 Å². The lowest BCUT2D eigenvalue weighted by Gasteiger charge is -2.25. The highest BCUT2D eigenvalue weighted by Gasteiger charge is 2.30. The molecule has 2 aliphatic carbocycles. The van der Waals surface area contributed by atoms with E-state index in [0.717, 1.165) is 65.8 Å². The Morgan fingerprint density at radius 1 is 0.929 bits per heavy atom. The summed E-state index contributed by atoms with van der Waals surface area (Å²) in [5.41, 5.74) is 4.29. The van der Waals surface area contributed by atoms with Crippen LogP contribution in [0.4, 0.5) is 24.5 Å². The van der Waals surface area contributed by atoms with Gasteiger partial charge in [0.05, 0.1) is 70.2 Å². The summed E-state index contributed by atoms with van der Waals surface area (Å²) in [6, 6.07) is 20.4. The monoisotopic (exact) mass is 573 g/mol. The number of hydrogen-bond acceptors (Lipinski definition) is 6. The summed E-state index contributed by atoms with van der Waals surface area (Å²) in [5.74, 6) is 0.504. The van der Waals surface area contributed by atoms with Crippen LogP contribution in [0.15, 0.2) is 84.0 Å². The van der Waals surface area contributed by atoms with E-state index < -0.39 is 11.7 Å². The number of methoxy groups -OCH3 is 2. The molecule has 0 atom stereocenters. The van der Waals surface area contributed by atoms with Crippen molar-refractivity contribution in [2.75, 3.05) is 19.5 Å². The maximum absolute atomic E-state index is 13.4. The van der Waals surface area contributed by atoms with Crippen LogP contribution in [0.3, 0.4) is 0 Å². The molecule has 1 aliphatic heterocycles. The van der Waals surface area contributed by atoms with Gasteiger partial charge in [0.2, 0.25) is 5.88 Å². The van der Waals surface area contributed by atoms with Crippen LogP contribution >= 0.6 is 0 Å². The van der Waals surface area contributed by atoms with Crippen LogP contribution in [0.2, 0.25) is 0 Å². The van der Waals surface area contributed by atoms with Gasteiger partial charge in [0.1, 0.15) is 0 Å². The van der Waals surface area contributed by atoms with E-state index in [1.54, 1.807) is 26.5 Å². The highest BCUT2D eigenvalue weighted by atomic mass is 19.4. The number of hydrogen-bond donors (Lipinski definition) is 1. The largest absolute Gasteiger partial charge is 0.481 e. The maximum Gasteiger partial charge on any atom is 0.416 e. The summed E-state index contributed by atoms with van der Waals surface area (Å²) in [6.45, 7) is 0. The third-order valence-electron chi connectivity index (χ3n) is 7.67. The normalized spacial score (nSPS) is 18.0. The Balaban J connectivity index is 1.54. The average Bonchev–Trinajstić information content (AvgIpc) is 3.00. The quantitative estimate of drug-likeness (QED) is 0.218. The van der Waals surface area contributed by atoms with E-state index in [1.165, 1.54) is 12.1 Å². The standard InChI is InChI=1S/C32H30F3N5O2/c1-41-24-14-9-21(10-15-24)37-27-18-30-28(17-26(27)38-22-11-16-31(42-2)36-19-22)39-25-5-3-4-6-29(25)40(30)23-12-7-20(8-13-23)32(33,34)35/h3-8,11-13,16-19,21,24,38H,9-10,14-15H2,1-2H3. The fraction of sp³-hybridized carbons (Fsp3) is 0.281. The van der Waals surface area contributed by atoms with Gasteiger partial charge >= 0.3 is 6.18 Å². The maximum atomic E-state index is 13.4. The number of aromatic nitrogens is 3. The van der Waals surface area contributed by atoms with Gasteiger partial charge in [-0.2, -0.15) is 13.2 Å². The Bertz CT molecular complexity index is 1730.